The first-order valence-electron chi connectivity index (χ1n) is 10.5. The lowest BCUT2D eigenvalue weighted by atomic mass is 9.98. The van der Waals surface area contributed by atoms with Crippen LogP contribution in [0.4, 0.5) is 4.39 Å². The number of aliphatic hydroxyl groups excluding tert-OH is 1. The average molecular weight is 386 g/mol. The maximum Gasteiger partial charge on any atom is 0.179 e. The number of Topliss-reactive ketones (excluding diaryl/α,β-unsaturated/α-hetero) is 1. The van der Waals surface area contributed by atoms with Gasteiger partial charge < -0.3 is 9.67 Å². The van der Waals surface area contributed by atoms with E-state index in [-0.39, 0.29) is 18.2 Å². The van der Waals surface area contributed by atoms with Gasteiger partial charge >= 0.3 is 0 Å². The molecule has 0 unspecified atom stereocenters. The van der Waals surface area contributed by atoms with Gasteiger partial charge in [0.25, 0.3) is 0 Å². The number of nitrogens with zero attached hydrogens (tertiary/aromatic N) is 1. The van der Waals surface area contributed by atoms with Crippen LogP contribution in [0.3, 0.4) is 0 Å². The Morgan fingerprint density at radius 3 is 2.68 bits per heavy atom. The molecule has 3 rings (SSSR count). The fraction of sp³-hybridized carbons (Fsp3) is 0.542. The summed E-state index contributed by atoms with van der Waals surface area (Å²) in [5.74, 6) is 1.07. The van der Waals surface area contributed by atoms with Gasteiger partial charge in [0.05, 0.1) is 5.69 Å². The molecule has 1 aromatic carbocycles. The van der Waals surface area contributed by atoms with Crippen molar-refractivity contribution in [3.05, 3.63) is 58.7 Å². The SMILES string of the molecule is CC(C)c1ccc(CCCC(=O)c2ccc([C@H]3CC[C@H](CO)C3)n2C)c(F)c1. The molecule has 0 amide bonds. The van der Waals surface area contributed by atoms with Gasteiger partial charge in [0.15, 0.2) is 5.78 Å². The molecule has 1 N–H and O–H groups in total. The van der Waals surface area contributed by atoms with Gasteiger partial charge in [-0.05, 0) is 79.2 Å². The van der Waals surface area contributed by atoms with Crippen LogP contribution in [0.5, 0.6) is 0 Å². The van der Waals surface area contributed by atoms with Crippen molar-refractivity contribution in [1.29, 1.82) is 0 Å². The number of aryl methyl sites for hydroxylation is 1. The number of aromatic nitrogens is 1. The van der Waals surface area contributed by atoms with Gasteiger partial charge in [0, 0.05) is 25.8 Å². The van der Waals surface area contributed by atoms with Crippen molar-refractivity contribution >= 4 is 5.78 Å². The van der Waals surface area contributed by atoms with Gasteiger partial charge in [-0.2, -0.15) is 0 Å². The van der Waals surface area contributed by atoms with Crippen molar-refractivity contribution in [3.8, 4) is 0 Å². The van der Waals surface area contributed by atoms with E-state index in [0.29, 0.717) is 42.6 Å². The van der Waals surface area contributed by atoms with Crippen LogP contribution >= 0.6 is 0 Å². The maximum absolute atomic E-state index is 14.3. The first kappa shape index (κ1) is 20.8. The van der Waals surface area contributed by atoms with Crippen molar-refractivity contribution in [2.45, 2.75) is 64.2 Å². The predicted octanol–water partition coefficient (Wildman–Crippen LogP) is 5.37. The molecule has 0 spiro atoms. The Morgan fingerprint density at radius 1 is 1.25 bits per heavy atom. The average Bonchev–Trinajstić information content (AvgIpc) is 3.29. The quantitative estimate of drug-likeness (QED) is 0.621. The predicted molar refractivity (Wildman–Crippen MR) is 110 cm³/mol. The summed E-state index contributed by atoms with van der Waals surface area (Å²) >= 11 is 0. The zero-order valence-electron chi connectivity index (χ0n) is 17.2. The van der Waals surface area contributed by atoms with E-state index in [2.05, 4.69) is 19.9 Å². The molecule has 2 atom stereocenters. The molecular formula is C24H32FNO2. The Morgan fingerprint density at radius 2 is 2.04 bits per heavy atom. The number of aliphatic hydroxyl groups is 1. The minimum atomic E-state index is -0.167. The smallest absolute Gasteiger partial charge is 0.179 e. The number of carbonyl (C=O) groups is 1. The van der Waals surface area contributed by atoms with E-state index >= 15 is 0 Å². The van der Waals surface area contributed by atoms with Crippen molar-refractivity contribution in [3.63, 3.8) is 0 Å². The first-order valence-corrected chi connectivity index (χ1v) is 10.5. The molecule has 1 aromatic heterocycles. The normalized spacial score (nSPS) is 19.5. The van der Waals surface area contributed by atoms with Crippen LogP contribution in [0.15, 0.2) is 30.3 Å². The molecule has 0 aliphatic heterocycles. The Balaban J connectivity index is 1.57. The number of halogens is 1. The molecule has 1 saturated carbocycles. The second-order valence-electron chi connectivity index (χ2n) is 8.54. The molecule has 4 heteroatoms. The van der Waals surface area contributed by atoms with Crippen molar-refractivity contribution in [2.24, 2.45) is 13.0 Å². The molecule has 1 fully saturated rings. The second kappa shape index (κ2) is 9.04. The van der Waals surface area contributed by atoms with E-state index in [9.17, 15) is 14.3 Å². The Kier molecular flexibility index (Phi) is 6.71. The van der Waals surface area contributed by atoms with Gasteiger partial charge in [-0.3, -0.25) is 4.79 Å². The molecule has 28 heavy (non-hydrogen) atoms. The largest absolute Gasteiger partial charge is 0.396 e. The third-order valence-corrected chi connectivity index (χ3v) is 6.26. The van der Waals surface area contributed by atoms with Gasteiger partial charge in [-0.25, -0.2) is 4.39 Å². The number of hydrogen-bond donors (Lipinski definition) is 1. The minimum absolute atomic E-state index is 0.115. The third kappa shape index (κ3) is 4.54. The first-order chi connectivity index (χ1) is 13.4. The van der Waals surface area contributed by atoms with Crippen molar-refractivity contribution in [2.75, 3.05) is 6.61 Å². The molecule has 0 saturated heterocycles. The Hall–Kier alpha value is -1.94. The number of benzene rings is 1. The highest BCUT2D eigenvalue weighted by molar-refractivity contribution is 5.94. The van der Waals surface area contributed by atoms with Crippen LogP contribution in [0, 0.1) is 11.7 Å². The summed E-state index contributed by atoms with van der Waals surface area (Å²) in [6.07, 6.45) is 4.76. The molecule has 1 aliphatic rings. The van der Waals surface area contributed by atoms with E-state index in [1.54, 1.807) is 6.07 Å². The summed E-state index contributed by atoms with van der Waals surface area (Å²) in [5, 5.41) is 9.36. The van der Waals surface area contributed by atoms with E-state index in [4.69, 9.17) is 0 Å². The summed E-state index contributed by atoms with van der Waals surface area (Å²) in [6.45, 7) is 4.36. The van der Waals surface area contributed by atoms with Crippen LogP contribution in [0.1, 0.15) is 85.1 Å². The fourth-order valence-electron chi connectivity index (χ4n) is 4.42. The molecule has 0 bridgehead atoms. The standard InChI is InChI=1S/C24H32FNO2/c1-16(2)19-10-9-18(21(25)14-19)5-4-6-24(28)23-12-11-22(26(23)3)20-8-7-17(13-20)15-27/h9-12,14,16-17,20,27H,4-8,13,15H2,1-3H3/t17-,20-/m0/s1. The zero-order chi connectivity index (χ0) is 20.3. The molecule has 152 valence electrons. The highest BCUT2D eigenvalue weighted by atomic mass is 19.1. The highest BCUT2D eigenvalue weighted by Crippen LogP contribution is 2.38. The Labute approximate surface area is 167 Å². The van der Waals surface area contributed by atoms with Gasteiger partial charge in [0.2, 0.25) is 0 Å². The molecular weight excluding hydrogens is 353 g/mol. The van der Waals surface area contributed by atoms with E-state index in [1.807, 2.05) is 29.8 Å². The molecule has 2 aromatic rings. The fourth-order valence-corrected chi connectivity index (χ4v) is 4.42. The van der Waals surface area contributed by atoms with Crippen LogP contribution < -0.4 is 0 Å². The zero-order valence-corrected chi connectivity index (χ0v) is 17.2. The number of ketones is 1. The summed E-state index contributed by atoms with van der Waals surface area (Å²) in [4.78, 5) is 12.7. The van der Waals surface area contributed by atoms with Crippen LogP contribution in [-0.4, -0.2) is 22.1 Å². The molecule has 0 radical (unpaired) electrons. The molecule has 1 heterocycles. The van der Waals surface area contributed by atoms with Gasteiger partial charge in [0.1, 0.15) is 5.82 Å². The number of rotatable bonds is 8. The summed E-state index contributed by atoms with van der Waals surface area (Å²) < 4.78 is 16.3. The summed E-state index contributed by atoms with van der Waals surface area (Å²) in [5.41, 5.74) is 3.61. The van der Waals surface area contributed by atoms with Gasteiger partial charge in [-0.1, -0.05) is 26.0 Å². The minimum Gasteiger partial charge on any atom is -0.396 e. The Bertz CT molecular complexity index is 824. The maximum atomic E-state index is 14.3. The topological polar surface area (TPSA) is 42.2 Å². The molecule has 3 nitrogen and oxygen atoms in total. The highest BCUT2D eigenvalue weighted by Gasteiger charge is 2.28. The monoisotopic (exact) mass is 385 g/mol. The lowest BCUT2D eigenvalue weighted by molar-refractivity contribution is 0.0972. The lowest BCUT2D eigenvalue weighted by Gasteiger charge is -2.13. The third-order valence-electron chi connectivity index (χ3n) is 6.26. The number of carbonyl (C=O) groups excluding carboxylic acids is 1. The summed E-state index contributed by atoms with van der Waals surface area (Å²) in [7, 11) is 1.96. The van der Waals surface area contributed by atoms with E-state index in [0.717, 1.165) is 30.5 Å². The second-order valence-corrected chi connectivity index (χ2v) is 8.54. The van der Waals surface area contributed by atoms with Crippen LogP contribution in [0.2, 0.25) is 0 Å². The van der Waals surface area contributed by atoms with E-state index in [1.165, 1.54) is 5.69 Å². The van der Waals surface area contributed by atoms with Crippen LogP contribution in [-0.2, 0) is 13.5 Å². The van der Waals surface area contributed by atoms with Crippen molar-refractivity contribution < 1.29 is 14.3 Å². The van der Waals surface area contributed by atoms with Crippen molar-refractivity contribution in [1.82, 2.24) is 4.57 Å². The molecule has 1 aliphatic carbocycles. The summed E-state index contributed by atoms with van der Waals surface area (Å²) in [6, 6.07) is 9.43. The number of hydrogen-bond acceptors (Lipinski definition) is 2. The van der Waals surface area contributed by atoms with E-state index < -0.39 is 0 Å². The van der Waals surface area contributed by atoms with Crippen LogP contribution in [0.25, 0.3) is 0 Å². The lowest BCUT2D eigenvalue weighted by Crippen LogP contribution is -2.10. The van der Waals surface area contributed by atoms with Gasteiger partial charge in [-0.15, -0.1) is 0 Å².